The molecule has 1 atom stereocenters. The summed E-state index contributed by atoms with van der Waals surface area (Å²) >= 11 is 3.15. The Morgan fingerprint density at radius 3 is 2.75 bits per heavy atom. The van der Waals surface area contributed by atoms with E-state index in [1.165, 1.54) is 6.07 Å². The maximum atomic E-state index is 13.4. The van der Waals surface area contributed by atoms with Crippen LogP contribution in [0.1, 0.15) is 17.4 Å². The highest BCUT2D eigenvalue weighted by atomic mass is 79.9. The molecular weight excluding hydrogens is 323 g/mol. The molecule has 3 nitrogen and oxygen atoms in total. The summed E-state index contributed by atoms with van der Waals surface area (Å²) in [6.07, 6.45) is 1.68. The Hall–Kier alpha value is -1.17. The maximum absolute atomic E-state index is 13.4. The van der Waals surface area contributed by atoms with Crippen molar-refractivity contribution in [1.29, 1.82) is 0 Å². The minimum Gasteiger partial charge on any atom is -0.468 e. The Bertz CT molecular complexity index is 543. The normalized spacial score (nSPS) is 12.8. The molecule has 2 rings (SSSR count). The van der Waals surface area contributed by atoms with Crippen LogP contribution in [0.2, 0.25) is 0 Å². The molecule has 0 aliphatic rings. The van der Waals surface area contributed by atoms with Gasteiger partial charge in [0.25, 0.3) is 0 Å². The molecule has 20 heavy (non-hydrogen) atoms. The highest BCUT2D eigenvalue weighted by Gasteiger charge is 2.16. The van der Waals surface area contributed by atoms with Gasteiger partial charge in [-0.1, -0.05) is 6.07 Å². The molecule has 1 aromatic heterocycles. The fourth-order valence-electron chi connectivity index (χ4n) is 2.02. The van der Waals surface area contributed by atoms with Crippen LogP contribution in [-0.4, -0.2) is 25.5 Å². The van der Waals surface area contributed by atoms with Gasteiger partial charge in [-0.25, -0.2) is 4.39 Å². The van der Waals surface area contributed by atoms with Gasteiger partial charge in [0.1, 0.15) is 11.6 Å². The number of nitrogens with one attached hydrogen (secondary N) is 1. The van der Waals surface area contributed by atoms with E-state index >= 15 is 0 Å². The van der Waals surface area contributed by atoms with Crippen molar-refractivity contribution in [3.05, 3.63) is 58.2 Å². The predicted octanol–water partition coefficient (Wildman–Crippen LogP) is 3.57. The average molecular weight is 341 g/mol. The summed E-state index contributed by atoms with van der Waals surface area (Å²) < 4.78 is 19.4. The number of rotatable bonds is 6. The van der Waals surface area contributed by atoms with Gasteiger partial charge in [0.05, 0.1) is 16.8 Å². The summed E-state index contributed by atoms with van der Waals surface area (Å²) in [5.41, 5.74) is 0.919. The summed E-state index contributed by atoms with van der Waals surface area (Å²) in [5, 5.41) is 3.33. The Balaban J connectivity index is 1.92. The van der Waals surface area contributed by atoms with E-state index in [9.17, 15) is 4.39 Å². The van der Waals surface area contributed by atoms with Crippen LogP contribution in [0.4, 0.5) is 4.39 Å². The smallest absolute Gasteiger partial charge is 0.137 e. The number of furan rings is 1. The largest absolute Gasteiger partial charge is 0.468 e. The zero-order valence-electron chi connectivity index (χ0n) is 11.6. The van der Waals surface area contributed by atoms with E-state index < -0.39 is 0 Å². The summed E-state index contributed by atoms with van der Waals surface area (Å²) in [5.74, 6) is 0.684. The third-order valence-corrected chi connectivity index (χ3v) is 3.79. The second kappa shape index (κ2) is 7.02. The number of halogens is 2. The quantitative estimate of drug-likeness (QED) is 0.871. The van der Waals surface area contributed by atoms with E-state index in [0.717, 1.165) is 17.9 Å². The van der Waals surface area contributed by atoms with E-state index in [1.54, 1.807) is 12.3 Å². The summed E-state index contributed by atoms with van der Waals surface area (Å²) in [6.45, 7) is 1.35. The minimum atomic E-state index is -0.237. The van der Waals surface area contributed by atoms with Crippen LogP contribution in [0.3, 0.4) is 0 Å². The van der Waals surface area contributed by atoms with Gasteiger partial charge in [0.2, 0.25) is 0 Å². The summed E-state index contributed by atoms with van der Waals surface area (Å²) in [6, 6.07) is 9.17. The van der Waals surface area contributed by atoms with Crippen LogP contribution in [0.5, 0.6) is 0 Å². The molecule has 108 valence electrons. The highest BCUT2D eigenvalue weighted by Crippen LogP contribution is 2.19. The van der Waals surface area contributed by atoms with Crippen LogP contribution < -0.4 is 5.32 Å². The molecule has 1 heterocycles. The molecular formula is C15H18BrFN2O. The van der Waals surface area contributed by atoms with E-state index in [2.05, 4.69) is 26.1 Å². The van der Waals surface area contributed by atoms with Gasteiger partial charge in [-0.05, 0) is 59.9 Å². The third kappa shape index (κ3) is 3.91. The van der Waals surface area contributed by atoms with Crippen LogP contribution in [0.25, 0.3) is 0 Å². The van der Waals surface area contributed by atoms with Crippen LogP contribution in [-0.2, 0) is 6.54 Å². The number of nitrogens with zero attached hydrogens (tertiary/aromatic N) is 1. The van der Waals surface area contributed by atoms with Crippen molar-refractivity contribution >= 4 is 15.9 Å². The average Bonchev–Trinajstić information content (AvgIpc) is 2.92. The second-order valence-corrected chi connectivity index (χ2v) is 5.73. The molecule has 0 amide bonds. The first-order valence-corrected chi connectivity index (χ1v) is 7.21. The Morgan fingerprint density at radius 1 is 1.35 bits per heavy atom. The van der Waals surface area contributed by atoms with E-state index in [4.69, 9.17) is 4.42 Å². The molecule has 0 spiro atoms. The highest BCUT2D eigenvalue weighted by molar-refractivity contribution is 9.10. The first kappa shape index (κ1) is 15.2. The van der Waals surface area contributed by atoms with Crippen LogP contribution >= 0.6 is 15.9 Å². The second-order valence-electron chi connectivity index (χ2n) is 4.87. The molecule has 1 N–H and O–H groups in total. The Morgan fingerprint density at radius 2 is 2.15 bits per heavy atom. The molecule has 0 aliphatic heterocycles. The van der Waals surface area contributed by atoms with Crippen LogP contribution in [0, 0.1) is 5.82 Å². The van der Waals surface area contributed by atoms with Gasteiger partial charge in [0.15, 0.2) is 0 Å². The number of hydrogen-bond donors (Lipinski definition) is 1. The van der Waals surface area contributed by atoms with Crippen molar-refractivity contribution in [2.75, 3.05) is 20.6 Å². The number of likely N-dealkylation sites (N-methyl/N-ethyl adjacent to an activating group) is 1. The zero-order chi connectivity index (χ0) is 14.5. The van der Waals surface area contributed by atoms with Gasteiger partial charge in [0, 0.05) is 13.1 Å². The molecule has 0 radical (unpaired) electrons. The van der Waals surface area contributed by atoms with Crippen molar-refractivity contribution in [3.63, 3.8) is 0 Å². The molecule has 0 fully saturated rings. The topological polar surface area (TPSA) is 28.4 Å². The number of benzene rings is 1. The maximum Gasteiger partial charge on any atom is 0.137 e. The first-order valence-electron chi connectivity index (χ1n) is 6.42. The monoisotopic (exact) mass is 340 g/mol. The van der Waals surface area contributed by atoms with Gasteiger partial charge >= 0.3 is 0 Å². The van der Waals surface area contributed by atoms with Crippen molar-refractivity contribution in [2.24, 2.45) is 0 Å². The summed E-state index contributed by atoms with van der Waals surface area (Å²) in [7, 11) is 4.02. The molecule has 0 saturated carbocycles. The van der Waals surface area contributed by atoms with Crippen molar-refractivity contribution in [1.82, 2.24) is 10.2 Å². The summed E-state index contributed by atoms with van der Waals surface area (Å²) in [4.78, 5) is 2.09. The van der Waals surface area contributed by atoms with Crippen molar-refractivity contribution < 1.29 is 8.81 Å². The van der Waals surface area contributed by atoms with Gasteiger partial charge < -0.3 is 9.73 Å². The fraction of sp³-hybridized carbons (Fsp3) is 0.333. The molecule has 0 bridgehead atoms. The molecule has 0 aliphatic carbocycles. The van der Waals surface area contributed by atoms with E-state index in [-0.39, 0.29) is 11.9 Å². The standard InChI is InChI=1S/C15H18BrFN2O/c1-19(2)14(15-4-3-7-20-15)10-18-9-11-5-6-12(16)13(17)8-11/h3-8,14,18H,9-10H2,1-2H3. The molecule has 5 heteroatoms. The lowest BCUT2D eigenvalue weighted by molar-refractivity contribution is 0.250. The fourth-order valence-corrected chi connectivity index (χ4v) is 2.27. The van der Waals surface area contributed by atoms with Gasteiger partial charge in [-0.3, -0.25) is 4.90 Å². The van der Waals surface area contributed by atoms with Gasteiger partial charge in [-0.15, -0.1) is 0 Å². The Labute approximate surface area is 126 Å². The van der Waals surface area contributed by atoms with Crippen molar-refractivity contribution in [2.45, 2.75) is 12.6 Å². The SMILES string of the molecule is CN(C)C(CNCc1ccc(Br)c(F)c1)c1ccco1. The number of hydrogen-bond acceptors (Lipinski definition) is 3. The minimum absolute atomic E-state index is 0.158. The third-order valence-electron chi connectivity index (χ3n) is 3.15. The molecule has 2 aromatic rings. The molecule has 0 saturated heterocycles. The lowest BCUT2D eigenvalue weighted by Crippen LogP contribution is -2.30. The van der Waals surface area contributed by atoms with E-state index in [1.807, 2.05) is 32.3 Å². The van der Waals surface area contributed by atoms with Crippen molar-refractivity contribution in [3.8, 4) is 0 Å². The predicted molar refractivity (Wildman–Crippen MR) is 80.9 cm³/mol. The van der Waals surface area contributed by atoms with Crippen LogP contribution in [0.15, 0.2) is 45.5 Å². The van der Waals surface area contributed by atoms with Gasteiger partial charge in [-0.2, -0.15) is 0 Å². The molecule has 1 unspecified atom stereocenters. The first-order chi connectivity index (χ1) is 9.58. The zero-order valence-corrected chi connectivity index (χ0v) is 13.2. The molecule has 1 aromatic carbocycles. The Kier molecular flexibility index (Phi) is 5.34. The lowest BCUT2D eigenvalue weighted by atomic mass is 10.2. The van der Waals surface area contributed by atoms with E-state index in [0.29, 0.717) is 11.0 Å². The lowest BCUT2D eigenvalue weighted by Gasteiger charge is -2.22.